The van der Waals surface area contributed by atoms with Gasteiger partial charge in [-0.15, -0.1) is 0 Å². The minimum atomic E-state index is -3.07. The Morgan fingerprint density at radius 1 is 1.13 bits per heavy atom. The van der Waals surface area contributed by atoms with Crippen molar-refractivity contribution < 1.29 is 30.3 Å². The van der Waals surface area contributed by atoms with Crippen molar-refractivity contribution in [1.29, 1.82) is 0 Å². The van der Waals surface area contributed by atoms with Crippen molar-refractivity contribution in [2.45, 2.75) is 44.0 Å². The van der Waals surface area contributed by atoms with Gasteiger partial charge in [-0.1, -0.05) is 19.3 Å². The molecule has 0 saturated heterocycles. The molecule has 0 aliphatic rings. The van der Waals surface area contributed by atoms with Gasteiger partial charge in [0.25, 0.3) is 5.79 Å². The Labute approximate surface area is 87.8 Å². The highest BCUT2D eigenvalue weighted by atomic mass is 16.6. The van der Waals surface area contributed by atoms with Gasteiger partial charge in [-0.25, -0.2) is 4.79 Å². The van der Waals surface area contributed by atoms with E-state index in [1.807, 2.05) is 0 Å². The monoisotopic (exact) mass is 222 g/mol. The van der Waals surface area contributed by atoms with E-state index in [4.69, 9.17) is 20.4 Å². The Bertz CT molecular complexity index is 191. The normalized spacial score (nSPS) is 13.9. The summed E-state index contributed by atoms with van der Waals surface area (Å²) >= 11 is 0. The molecule has 0 aromatic carbocycles. The average Bonchev–Trinajstić information content (AvgIpc) is 2.16. The summed E-state index contributed by atoms with van der Waals surface area (Å²) < 4.78 is 0. The van der Waals surface area contributed by atoms with Gasteiger partial charge in [0.15, 0.2) is 0 Å². The number of aliphatic hydroxyl groups is 4. The van der Waals surface area contributed by atoms with Crippen LogP contribution in [0.3, 0.4) is 0 Å². The highest BCUT2D eigenvalue weighted by Gasteiger charge is 2.41. The number of rotatable bonds is 8. The summed E-state index contributed by atoms with van der Waals surface area (Å²) in [6.45, 7) is 0.0988. The fourth-order valence-electron chi connectivity index (χ4n) is 1.15. The minimum absolute atomic E-state index is 0.00469. The van der Waals surface area contributed by atoms with Gasteiger partial charge in [-0.2, -0.15) is 0 Å². The molecular formula is C9H18O6. The van der Waals surface area contributed by atoms with Crippen molar-refractivity contribution in [3.63, 3.8) is 0 Å². The molecule has 0 spiro atoms. The first-order valence-electron chi connectivity index (χ1n) is 4.90. The van der Waals surface area contributed by atoms with E-state index >= 15 is 0 Å². The van der Waals surface area contributed by atoms with Gasteiger partial charge in [0, 0.05) is 6.61 Å². The molecule has 15 heavy (non-hydrogen) atoms. The van der Waals surface area contributed by atoms with Gasteiger partial charge in [0.1, 0.15) is 6.10 Å². The van der Waals surface area contributed by atoms with Crippen LogP contribution in [0, 0.1) is 0 Å². The first kappa shape index (κ1) is 14.3. The van der Waals surface area contributed by atoms with Crippen LogP contribution in [-0.4, -0.2) is 50.0 Å². The summed E-state index contributed by atoms with van der Waals surface area (Å²) in [4.78, 5) is 10.3. The van der Waals surface area contributed by atoms with Crippen LogP contribution in [0.15, 0.2) is 0 Å². The third-order valence-corrected chi connectivity index (χ3v) is 2.17. The lowest BCUT2D eigenvalue weighted by Crippen LogP contribution is -2.49. The van der Waals surface area contributed by atoms with Crippen LogP contribution >= 0.6 is 0 Å². The third kappa shape index (κ3) is 5.08. The zero-order valence-corrected chi connectivity index (χ0v) is 8.46. The summed E-state index contributed by atoms with van der Waals surface area (Å²) in [5.74, 6) is -4.93. The van der Waals surface area contributed by atoms with E-state index in [-0.39, 0.29) is 13.0 Å². The first-order valence-corrected chi connectivity index (χ1v) is 4.90. The highest BCUT2D eigenvalue weighted by Crippen LogP contribution is 2.14. The Morgan fingerprint density at radius 3 is 2.13 bits per heavy atom. The number of hydrogen-bond donors (Lipinski definition) is 5. The van der Waals surface area contributed by atoms with Crippen molar-refractivity contribution in [3.8, 4) is 0 Å². The summed E-state index contributed by atoms with van der Waals surface area (Å²) in [5, 5.41) is 43.9. The van der Waals surface area contributed by atoms with Crippen LogP contribution in [0.4, 0.5) is 0 Å². The molecule has 1 atom stereocenters. The van der Waals surface area contributed by atoms with Gasteiger partial charge in [0.2, 0.25) is 0 Å². The number of carboxylic acids is 1. The second-order valence-corrected chi connectivity index (χ2v) is 3.47. The van der Waals surface area contributed by atoms with Gasteiger partial charge in [0.05, 0.1) is 0 Å². The number of aliphatic carboxylic acids is 1. The fraction of sp³-hybridized carbons (Fsp3) is 0.889. The van der Waals surface area contributed by atoms with Crippen molar-refractivity contribution in [3.05, 3.63) is 0 Å². The first-order chi connectivity index (χ1) is 6.92. The van der Waals surface area contributed by atoms with E-state index in [0.29, 0.717) is 19.3 Å². The highest BCUT2D eigenvalue weighted by molar-refractivity contribution is 5.75. The van der Waals surface area contributed by atoms with Gasteiger partial charge in [-0.05, 0) is 12.8 Å². The van der Waals surface area contributed by atoms with E-state index in [2.05, 4.69) is 0 Å². The number of unbranched alkanes of at least 4 members (excludes halogenated alkanes) is 3. The number of hydrogen-bond acceptors (Lipinski definition) is 5. The number of carboxylic acid groups (broad SMARTS) is 1. The fourth-order valence-corrected chi connectivity index (χ4v) is 1.15. The van der Waals surface area contributed by atoms with E-state index in [0.717, 1.165) is 6.42 Å². The largest absolute Gasteiger partial charge is 0.477 e. The molecule has 0 aromatic heterocycles. The molecule has 0 aromatic rings. The number of aliphatic hydroxyl groups excluding tert-OH is 2. The van der Waals surface area contributed by atoms with E-state index in [1.165, 1.54) is 0 Å². The molecule has 0 rings (SSSR count). The van der Waals surface area contributed by atoms with Crippen LogP contribution in [0.1, 0.15) is 32.1 Å². The van der Waals surface area contributed by atoms with Crippen LogP contribution in [0.25, 0.3) is 0 Å². The van der Waals surface area contributed by atoms with Crippen molar-refractivity contribution >= 4 is 5.97 Å². The van der Waals surface area contributed by atoms with E-state index in [1.54, 1.807) is 0 Å². The zero-order chi connectivity index (χ0) is 11.9. The molecular weight excluding hydrogens is 204 g/mol. The molecule has 0 heterocycles. The van der Waals surface area contributed by atoms with Crippen LogP contribution in [0.5, 0.6) is 0 Å². The van der Waals surface area contributed by atoms with Crippen molar-refractivity contribution in [1.82, 2.24) is 0 Å². The summed E-state index contributed by atoms with van der Waals surface area (Å²) in [7, 11) is 0. The lowest BCUT2D eigenvalue weighted by Gasteiger charge is -2.22. The lowest BCUT2D eigenvalue weighted by molar-refractivity contribution is -0.237. The smallest absolute Gasteiger partial charge is 0.366 e. The maximum atomic E-state index is 10.3. The molecule has 0 aliphatic carbocycles. The molecule has 0 fully saturated rings. The number of carbonyl (C=O) groups is 1. The summed E-state index contributed by atoms with van der Waals surface area (Å²) in [6, 6.07) is 0. The topological polar surface area (TPSA) is 118 Å². The average molecular weight is 222 g/mol. The quantitative estimate of drug-likeness (QED) is 0.267. The molecule has 90 valence electrons. The van der Waals surface area contributed by atoms with Crippen molar-refractivity contribution in [2.24, 2.45) is 0 Å². The van der Waals surface area contributed by atoms with Gasteiger partial charge in [-0.3, -0.25) is 0 Å². The van der Waals surface area contributed by atoms with E-state index < -0.39 is 17.9 Å². The van der Waals surface area contributed by atoms with Gasteiger partial charge >= 0.3 is 5.97 Å². The predicted octanol–water partition coefficient (Wildman–Crippen LogP) is -0.944. The third-order valence-electron chi connectivity index (χ3n) is 2.17. The maximum Gasteiger partial charge on any atom is 0.366 e. The maximum absolute atomic E-state index is 10.3. The Hall–Kier alpha value is -0.690. The predicted molar refractivity (Wildman–Crippen MR) is 51.0 cm³/mol. The van der Waals surface area contributed by atoms with Crippen LogP contribution in [0.2, 0.25) is 0 Å². The molecule has 0 aliphatic heterocycles. The molecule has 6 nitrogen and oxygen atoms in total. The molecule has 5 N–H and O–H groups in total. The molecule has 0 radical (unpaired) electrons. The van der Waals surface area contributed by atoms with Crippen LogP contribution in [-0.2, 0) is 4.79 Å². The lowest BCUT2D eigenvalue weighted by atomic mass is 10.0. The van der Waals surface area contributed by atoms with Gasteiger partial charge < -0.3 is 25.5 Å². The summed E-state index contributed by atoms with van der Waals surface area (Å²) in [5.41, 5.74) is 0. The molecule has 0 amide bonds. The van der Waals surface area contributed by atoms with Crippen molar-refractivity contribution in [2.75, 3.05) is 6.61 Å². The summed E-state index contributed by atoms with van der Waals surface area (Å²) in [6.07, 6.45) is 0.914. The Kier molecular flexibility index (Phi) is 6.42. The zero-order valence-electron chi connectivity index (χ0n) is 8.46. The Balaban J connectivity index is 3.73. The van der Waals surface area contributed by atoms with Crippen LogP contribution < -0.4 is 0 Å². The molecule has 0 saturated carbocycles. The standard InChI is InChI=1S/C9H18O6/c10-6-4-2-1-3-5-7(11)9(14,15)8(12)13/h7,10-11,14-15H,1-6H2,(H,12,13). The minimum Gasteiger partial charge on any atom is -0.477 e. The molecule has 0 bridgehead atoms. The van der Waals surface area contributed by atoms with E-state index in [9.17, 15) is 9.90 Å². The molecule has 6 heteroatoms. The second kappa shape index (κ2) is 6.73. The molecule has 1 unspecified atom stereocenters. The second-order valence-electron chi connectivity index (χ2n) is 3.47. The Morgan fingerprint density at radius 2 is 1.67 bits per heavy atom. The SMILES string of the molecule is O=C(O)C(O)(O)C(O)CCCCCCO.